The molecule has 3 rings (SSSR count). The van der Waals surface area contributed by atoms with Crippen LogP contribution in [0.4, 0.5) is 0 Å². The molecule has 21 heavy (non-hydrogen) atoms. The SMILES string of the molecule is CNC(=O)C[Se]c1nc(-c2ccccn2)n2ccccc12. The topological polar surface area (TPSA) is 59.3 Å². The molecular weight excluding hydrogens is 331 g/mol. The van der Waals surface area contributed by atoms with Gasteiger partial charge in [0.1, 0.15) is 0 Å². The second kappa shape index (κ2) is 6.08. The van der Waals surface area contributed by atoms with Crippen molar-refractivity contribution in [1.29, 1.82) is 0 Å². The molecule has 1 N–H and O–H groups in total. The summed E-state index contributed by atoms with van der Waals surface area (Å²) in [4.78, 5) is 20.5. The van der Waals surface area contributed by atoms with Crippen molar-refractivity contribution in [3.8, 4) is 11.5 Å². The van der Waals surface area contributed by atoms with E-state index in [-0.39, 0.29) is 20.9 Å². The number of fused-ring (bicyclic) bond motifs is 1. The van der Waals surface area contributed by atoms with Crippen molar-refractivity contribution >= 4 is 31.0 Å². The first-order valence-electron chi connectivity index (χ1n) is 6.51. The van der Waals surface area contributed by atoms with Gasteiger partial charge >= 0.3 is 128 Å². The van der Waals surface area contributed by atoms with Crippen molar-refractivity contribution in [1.82, 2.24) is 19.7 Å². The fraction of sp³-hybridized carbons (Fsp3) is 0.133. The van der Waals surface area contributed by atoms with E-state index in [4.69, 9.17) is 4.98 Å². The molecule has 1 amide bonds. The molecule has 3 aromatic heterocycles. The first kappa shape index (κ1) is 13.8. The number of hydrogen-bond donors (Lipinski definition) is 1. The summed E-state index contributed by atoms with van der Waals surface area (Å²) in [5, 5.41) is 3.14. The second-order valence-corrected chi connectivity index (χ2v) is 6.40. The van der Waals surface area contributed by atoms with Crippen LogP contribution >= 0.6 is 0 Å². The number of carbonyl (C=O) groups is 1. The molecule has 3 aromatic rings. The van der Waals surface area contributed by atoms with Crippen LogP contribution in [-0.2, 0) is 4.79 Å². The molecular formula is C15H14N4OSe. The molecule has 3 heterocycles. The zero-order valence-corrected chi connectivity index (χ0v) is 13.2. The van der Waals surface area contributed by atoms with Crippen molar-refractivity contribution in [2.75, 3.05) is 7.05 Å². The van der Waals surface area contributed by atoms with Gasteiger partial charge in [-0.05, 0) is 0 Å². The standard InChI is InChI=1S/C15H14N4OSe/c1-16-13(20)10-21-15-12-7-3-5-9-19(12)14(18-15)11-6-2-4-8-17-11/h2-9H,10H2,1H3,(H,16,20). The average Bonchev–Trinajstić information content (AvgIpc) is 2.92. The predicted molar refractivity (Wildman–Crippen MR) is 82.7 cm³/mol. The first-order chi connectivity index (χ1) is 10.3. The Labute approximate surface area is 128 Å². The van der Waals surface area contributed by atoms with E-state index < -0.39 is 0 Å². The number of aromatic nitrogens is 3. The number of nitrogens with zero attached hydrogens (tertiary/aromatic N) is 3. The summed E-state index contributed by atoms with van der Waals surface area (Å²) >= 11 is -0.000271. The maximum absolute atomic E-state index is 11.5. The van der Waals surface area contributed by atoms with Gasteiger partial charge in [0, 0.05) is 0 Å². The Bertz CT molecular complexity index is 770. The van der Waals surface area contributed by atoms with Crippen molar-refractivity contribution in [2.45, 2.75) is 5.32 Å². The van der Waals surface area contributed by atoms with Gasteiger partial charge in [0.05, 0.1) is 0 Å². The van der Waals surface area contributed by atoms with E-state index in [1.54, 1.807) is 13.2 Å². The maximum atomic E-state index is 11.5. The zero-order valence-electron chi connectivity index (χ0n) is 11.5. The van der Waals surface area contributed by atoms with Crippen LogP contribution in [0.5, 0.6) is 0 Å². The van der Waals surface area contributed by atoms with Crippen LogP contribution in [0.25, 0.3) is 17.0 Å². The van der Waals surface area contributed by atoms with Crippen molar-refractivity contribution in [3.63, 3.8) is 0 Å². The van der Waals surface area contributed by atoms with Crippen LogP contribution in [-0.4, -0.2) is 42.3 Å². The molecule has 0 bridgehead atoms. The number of imidazole rings is 1. The van der Waals surface area contributed by atoms with E-state index in [1.165, 1.54) is 0 Å². The van der Waals surface area contributed by atoms with Crippen molar-refractivity contribution < 1.29 is 4.79 Å². The van der Waals surface area contributed by atoms with Crippen LogP contribution in [0.15, 0.2) is 48.8 Å². The quantitative estimate of drug-likeness (QED) is 0.715. The summed E-state index contributed by atoms with van der Waals surface area (Å²) in [6, 6.07) is 11.8. The van der Waals surface area contributed by atoms with Gasteiger partial charge in [-0.2, -0.15) is 0 Å². The van der Waals surface area contributed by atoms with Gasteiger partial charge in [-0.25, -0.2) is 0 Å². The Morgan fingerprint density at radius 3 is 2.90 bits per heavy atom. The first-order valence-corrected chi connectivity index (χ1v) is 8.58. The Balaban J connectivity index is 2.04. The Kier molecular flexibility index (Phi) is 3.99. The third-order valence-corrected chi connectivity index (χ3v) is 5.08. The fourth-order valence-electron chi connectivity index (χ4n) is 2.00. The van der Waals surface area contributed by atoms with Gasteiger partial charge in [-0.15, -0.1) is 0 Å². The van der Waals surface area contributed by atoms with E-state index in [0.29, 0.717) is 5.32 Å². The van der Waals surface area contributed by atoms with E-state index in [9.17, 15) is 4.79 Å². The summed E-state index contributed by atoms with van der Waals surface area (Å²) in [5.41, 5.74) is 1.88. The van der Waals surface area contributed by atoms with Gasteiger partial charge in [0.2, 0.25) is 0 Å². The molecule has 0 radical (unpaired) electrons. The minimum absolute atomic E-state index is 0.000271. The Hall–Kier alpha value is -2.17. The third-order valence-electron chi connectivity index (χ3n) is 3.03. The van der Waals surface area contributed by atoms with E-state index in [1.807, 2.05) is 47.0 Å². The normalized spacial score (nSPS) is 10.7. The van der Waals surface area contributed by atoms with Gasteiger partial charge in [0.15, 0.2) is 0 Å². The molecule has 0 aromatic carbocycles. The number of rotatable bonds is 4. The molecule has 0 aliphatic heterocycles. The second-order valence-electron chi connectivity index (χ2n) is 4.37. The van der Waals surface area contributed by atoms with Crippen molar-refractivity contribution in [3.05, 3.63) is 48.8 Å². The average molecular weight is 345 g/mol. The summed E-state index contributed by atoms with van der Waals surface area (Å²) in [7, 11) is 1.66. The monoisotopic (exact) mass is 346 g/mol. The Morgan fingerprint density at radius 2 is 2.14 bits per heavy atom. The van der Waals surface area contributed by atoms with E-state index in [2.05, 4.69) is 10.3 Å². The van der Waals surface area contributed by atoms with E-state index >= 15 is 0 Å². The summed E-state index contributed by atoms with van der Waals surface area (Å²) < 4.78 is 3.01. The van der Waals surface area contributed by atoms with Gasteiger partial charge < -0.3 is 0 Å². The number of nitrogens with one attached hydrogen (secondary N) is 1. The zero-order chi connectivity index (χ0) is 14.7. The van der Waals surface area contributed by atoms with Crippen molar-refractivity contribution in [2.24, 2.45) is 0 Å². The molecule has 6 heteroatoms. The molecule has 0 unspecified atom stereocenters. The molecule has 0 aliphatic carbocycles. The van der Waals surface area contributed by atoms with Gasteiger partial charge in [0.25, 0.3) is 0 Å². The van der Waals surface area contributed by atoms with Crippen LogP contribution in [0.3, 0.4) is 0 Å². The van der Waals surface area contributed by atoms with E-state index in [0.717, 1.165) is 21.6 Å². The number of carbonyl (C=O) groups excluding carboxylic acids is 1. The molecule has 0 aliphatic rings. The third kappa shape index (κ3) is 2.82. The molecule has 0 fully saturated rings. The van der Waals surface area contributed by atoms with Crippen LogP contribution < -0.4 is 9.91 Å². The molecule has 0 saturated carbocycles. The molecule has 106 valence electrons. The van der Waals surface area contributed by atoms with Crippen LogP contribution in [0.1, 0.15) is 0 Å². The number of amides is 1. The summed E-state index contributed by atoms with van der Waals surface area (Å²) in [6.45, 7) is 0. The summed E-state index contributed by atoms with van der Waals surface area (Å²) in [5.74, 6) is 0.867. The van der Waals surface area contributed by atoms with Crippen LogP contribution in [0, 0.1) is 0 Å². The molecule has 0 atom stereocenters. The molecule has 5 nitrogen and oxygen atoms in total. The van der Waals surface area contributed by atoms with Crippen LogP contribution in [0.2, 0.25) is 5.32 Å². The Morgan fingerprint density at radius 1 is 1.29 bits per heavy atom. The number of hydrogen-bond acceptors (Lipinski definition) is 3. The minimum atomic E-state index is -0.000271. The van der Waals surface area contributed by atoms with Gasteiger partial charge in [-0.1, -0.05) is 0 Å². The molecule has 0 spiro atoms. The predicted octanol–water partition coefficient (Wildman–Crippen LogP) is 0.890. The fourth-order valence-corrected chi connectivity index (χ4v) is 3.84. The van der Waals surface area contributed by atoms with Gasteiger partial charge in [-0.3, -0.25) is 0 Å². The summed E-state index contributed by atoms with van der Waals surface area (Å²) in [6.07, 6.45) is 3.74. The molecule has 0 saturated heterocycles. The number of pyridine rings is 2.